The van der Waals surface area contributed by atoms with E-state index in [4.69, 9.17) is 9.47 Å². The molecule has 1 N–H and O–H groups in total. The van der Waals surface area contributed by atoms with Gasteiger partial charge in [-0.3, -0.25) is 0 Å². The Morgan fingerprint density at radius 2 is 1.66 bits per heavy atom. The zero-order chi connectivity index (χ0) is 23.5. The average molecular weight is 791 g/mol. The zero-order valence-electron chi connectivity index (χ0n) is 16.0. The molecule has 0 saturated heterocycles. The van der Waals surface area contributed by atoms with Crippen molar-refractivity contribution in [1.82, 2.24) is 0 Å². The van der Waals surface area contributed by atoms with E-state index in [1.165, 1.54) is 18.2 Å². The van der Waals surface area contributed by atoms with Gasteiger partial charge in [0.1, 0.15) is 34.8 Å². The SMILES string of the molecule is O=C(OCCOc1ccc(S(=O)(=O)[O-])c(-c2ccccc2)c1)c1c(I)cc(I)c(O)c1I. The molecule has 0 fully saturated rings. The summed E-state index contributed by atoms with van der Waals surface area (Å²) in [5.74, 6) is -0.244. The van der Waals surface area contributed by atoms with Gasteiger partial charge in [0, 0.05) is 9.13 Å². The van der Waals surface area contributed by atoms with Crippen molar-refractivity contribution < 1.29 is 32.3 Å². The number of rotatable bonds is 7. The molecule has 0 amide bonds. The van der Waals surface area contributed by atoms with E-state index in [0.29, 0.717) is 22.0 Å². The van der Waals surface area contributed by atoms with Crippen molar-refractivity contribution in [3.05, 3.63) is 70.9 Å². The number of carbonyl (C=O) groups is 1. The molecular weight excluding hydrogens is 777 g/mol. The van der Waals surface area contributed by atoms with Crippen LogP contribution in [0.2, 0.25) is 0 Å². The van der Waals surface area contributed by atoms with Crippen LogP contribution in [0.3, 0.4) is 0 Å². The summed E-state index contributed by atoms with van der Waals surface area (Å²) >= 11 is 5.88. The quantitative estimate of drug-likeness (QED) is 0.155. The van der Waals surface area contributed by atoms with Crippen LogP contribution in [-0.2, 0) is 14.9 Å². The molecule has 32 heavy (non-hydrogen) atoms. The second-order valence-electron chi connectivity index (χ2n) is 6.34. The third-order valence-electron chi connectivity index (χ3n) is 4.24. The standard InChI is InChI=1S/C21H15I3O7S/c22-15-11-16(23)20(25)19(24)18(15)21(26)31-9-8-30-13-6-7-17(32(27,28)29)14(10-13)12-4-2-1-3-5-12/h1-7,10-11,25H,8-9H2,(H,27,28,29)/p-1. The van der Waals surface area contributed by atoms with E-state index in [-0.39, 0.29) is 35.0 Å². The Morgan fingerprint density at radius 1 is 0.969 bits per heavy atom. The van der Waals surface area contributed by atoms with Crippen molar-refractivity contribution in [3.8, 4) is 22.6 Å². The van der Waals surface area contributed by atoms with Crippen LogP contribution in [0.25, 0.3) is 11.1 Å². The Kier molecular flexibility index (Phi) is 8.62. The van der Waals surface area contributed by atoms with Gasteiger partial charge in [-0.05, 0) is 97.6 Å². The summed E-state index contributed by atoms with van der Waals surface area (Å²) in [5, 5.41) is 10.1. The van der Waals surface area contributed by atoms with E-state index in [9.17, 15) is 22.9 Å². The lowest BCUT2D eigenvalue weighted by Gasteiger charge is -2.15. The maximum Gasteiger partial charge on any atom is 0.340 e. The molecule has 0 bridgehead atoms. The average Bonchev–Trinajstić information content (AvgIpc) is 2.75. The number of phenolic OH excluding ortho intramolecular Hbond substituents is 1. The number of hydrogen-bond donors (Lipinski definition) is 1. The third-order valence-corrected chi connectivity index (χ3v) is 7.86. The second kappa shape index (κ2) is 10.8. The van der Waals surface area contributed by atoms with Crippen molar-refractivity contribution in [2.75, 3.05) is 13.2 Å². The number of benzene rings is 3. The first-order valence-electron chi connectivity index (χ1n) is 8.91. The van der Waals surface area contributed by atoms with E-state index in [2.05, 4.69) is 0 Å². The van der Waals surface area contributed by atoms with Crippen LogP contribution in [-0.4, -0.2) is 37.3 Å². The predicted octanol–water partition coefficient (Wildman–Crippen LogP) is 5.01. The molecule has 0 saturated carbocycles. The molecule has 168 valence electrons. The Labute approximate surface area is 225 Å². The maximum absolute atomic E-state index is 12.5. The molecule has 3 aromatic carbocycles. The molecule has 3 aromatic rings. The monoisotopic (exact) mass is 791 g/mol. The van der Waals surface area contributed by atoms with E-state index in [1.54, 1.807) is 36.4 Å². The van der Waals surface area contributed by atoms with Crippen LogP contribution in [0.1, 0.15) is 10.4 Å². The first-order chi connectivity index (χ1) is 15.1. The van der Waals surface area contributed by atoms with E-state index < -0.39 is 16.1 Å². The highest BCUT2D eigenvalue weighted by atomic mass is 127. The largest absolute Gasteiger partial charge is 0.744 e. The fourth-order valence-electron chi connectivity index (χ4n) is 2.79. The highest BCUT2D eigenvalue weighted by molar-refractivity contribution is 14.1. The Balaban J connectivity index is 1.71. The molecule has 0 spiro atoms. The molecule has 0 aliphatic heterocycles. The summed E-state index contributed by atoms with van der Waals surface area (Å²) in [6, 6.07) is 14.3. The molecule has 11 heteroatoms. The third kappa shape index (κ3) is 6.03. The highest BCUT2D eigenvalue weighted by Crippen LogP contribution is 2.33. The first kappa shape index (κ1) is 25.5. The second-order valence-corrected chi connectivity index (χ2v) is 11.1. The molecule has 0 atom stereocenters. The lowest BCUT2D eigenvalue weighted by molar-refractivity contribution is 0.0447. The summed E-state index contributed by atoms with van der Waals surface area (Å²) in [7, 11) is -4.68. The number of esters is 1. The number of carbonyl (C=O) groups excluding carboxylic acids is 1. The van der Waals surface area contributed by atoms with Gasteiger partial charge in [-0.1, -0.05) is 30.3 Å². The van der Waals surface area contributed by atoms with Crippen molar-refractivity contribution in [2.45, 2.75) is 4.90 Å². The Bertz CT molecular complexity index is 1260. The molecule has 0 aliphatic carbocycles. The first-order valence-corrected chi connectivity index (χ1v) is 13.6. The Morgan fingerprint density at radius 3 is 2.31 bits per heavy atom. The van der Waals surface area contributed by atoms with Gasteiger partial charge in [-0.2, -0.15) is 0 Å². The lowest BCUT2D eigenvalue weighted by Crippen LogP contribution is -2.15. The van der Waals surface area contributed by atoms with Crippen LogP contribution in [0.15, 0.2) is 59.5 Å². The van der Waals surface area contributed by atoms with Crippen LogP contribution in [0.5, 0.6) is 11.5 Å². The molecule has 0 unspecified atom stereocenters. The van der Waals surface area contributed by atoms with Gasteiger partial charge in [0.15, 0.2) is 0 Å². The highest BCUT2D eigenvalue weighted by Gasteiger charge is 2.21. The van der Waals surface area contributed by atoms with Gasteiger partial charge in [-0.25, -0.2) is 13.2 Å². The van der Waals surface area contributed by atoms with Crippen molar-refractivity contribution >= 4 is 83.9 Å². The fourth-order valence-corrected chi connectivity index (χ4v) is 7.29. The van der Waals surface area contributed by atoms with Crippen LogP contribution < -0.4 is 4.74 Å². The topological polar surface area (TPSA) is 113 Å². The van der Waals surface area contributed by atoms with Gasteiger partial charge in [0.05, 0.1) is 17.6 Å². The smallest absolute Gasteiger partial charge is 0.340 e. The fraction of sp³-hybridized carbons (Fsp3) is 0.0952. The zero-order valence-corrected chi connectivity index (χ0v) is 23.3. The van der Waals surface area contributed by atoms with Gasteiger partial charge < -0.3 is 19.1 Å². The maximum atomic E-state index is 12.5. The van der Waals surface area contributed by atoms with Crippen LogP contribution in [0, 0.1) is 10.7 Å². The number of hydrogen-bond acceptors (Lipinski definition) is 7. The predicted molar refractivity (Wildman–Crippen MR) is 142 cm³/mol. The minimum absolute atomic E-state index is 0.00689. The lowest BCUT2D eigenvalue weighted by atomic mass is 10.1. The number of halogens is 3. The molecule has 3 rings (SSSR count). The minimum atomic E-state index is -4.68. The minimum Gasteiger partial charge on any atom is -0.744 e. The molecule has 7 nitrogen and oxygen atoms in total. The summed E-state index contributed by atoms with van der Waals surface area (Å²) < 4.78 is 47.5. The molecule has 0 aliphatic rings. The number of aromatic hydroxyl groups is 1. The van der Waals surface area contributed by atoms with Crippen molar-refractivity contribution in [2.24, 2.45) is 0 Å². The van der Waals surface area contributed by atoms with E-state index in [1.807, 2.05) is 67.8 Å². The summed E-state index contributed by atoms with van der Waals surface area (Å²) in [5.41, 5.74) is 1.07. The van der Waals surface area contributed by atoms with E-state index in [0.717, 1.165) is 0 Å². The van der Waals surface area contributed by atoms with Crippen LogP contribution >= 0.6 is 67.8 Å². The van der Waals surface area contributed by atoms with Gasteiger partial charge in [0.2, 0.25) is 0 Å². The van der Waals surface area contributed by atoms with Crippen LogP contribution in [0.4, 0.5) is 0 Å². The van der Waals surface area contributed by atoms with Gasteiger partial charge in [-0.15, -0.1) is 0 Å². The normalized spacial score (nSPS) is 11.2. The molecular formula is C21H14I3O7S-. The van der Waals surface area contributed by atoms with Crippen molar-refractivity contribution in [3.63, 3.8) is 0 Å². The van der Waals surface area contributed by atoms with E-state index >= 15 is 0 Å². The Hall–Kier alpha value is -1.17. The number of phenols is 1. The summed E-state index contributed by atoms with van der Waals surface area (Å²) in [6.45, 7) is -0.0625. The summed E-state index contributed by atoms with van der Waals surface area (Å²) in [4.78, 5) is 12.1. The van der Waals surface area contributed by atoms with Gasteiger partial charge in [0.25, 0.3) is 0 Å². The summed E-state index contributed by atoms with van der Waals surface area (Å²) in [6.07, 6.45) is 0. The van der Waals surface area contributed by atoms with Crippen molar-refractivity contribution in [1.29, 1.82) is 0 Å². The van der Waals surface area contributed by atoms with Gasteiger partial charge >= 0.3 is 5.97 Å². The molecule has 0 heterocycles. The molecule has 0 aromatic heterocycles. The number of ether oxygens (including phenoxy) is 2. The molecule has 0 radical (unpaired) electrons.